The number of hydrogen-bond acceptors (Lipinski definition) is 4. The lowest BCUT2D eigenvalue weighted by Gasteiger charge is -2.23. The lowest BCUT2D eigenvalue weighted by atomic mass is 10.3. The van der Waals surface area contributed by atoms with Gasteiger partial charge in [0.1, 0.15) is 5.75 Å². The van der Waals surface area contributed by atoms with E-state index in [1.165, 1.54) is 4.31 Å². The number of nitrogens with zero attached hydrogens (tertiary/aromatic N) is 1. The van der Waals surface area contributed by atoms with Crippen LogP contribution in [-0.4, -0.2) is 40.9 Å². The first-order chi connectivity index (χ1) is 8.55. The zero-order valence-electron chi connectivity index (χ0n) is 10.6. The molecule has 0 aliphatic carbocycles. The predicted molar refractivity (Wildman–Crippen MR) is 71.6 cm³/mol. The maximum absolute atomic E-state index is 12.4. The minimum atomic E-state index is -3.30. The molecule has 0 bridgehead atoms. The zero-order valence-corrected chi connectivity index (χ0v) is 11.4. The van der Waals surface area contributed by atoms with Gasteiger partial charge >= 0.3 is 0 Å². The quantitative estimate of drug-likeness (QED) is 0.880. The van der Waals surface area contributed by atoms with E-state index < -0.39 is 10.0 Å². The van der Waals surface area contributed by atoms with Crippen LogP contribution in [0.1, 0.15) is 6.42 Å². The summed E-state index contributed by atoms with van der Waals surface area (Å²) in [6.45, 7) is 1.28. The highest BCUT2D eigenvalue weighted by Gasteiger charge is 2.32. The second kappa shape index (κ2) is 5.16. The van der Waals surface area contributed by atoms with Crippen molar-refractivity contribution in [3.05, 3.63) is 24.3 Å². The second-order valence-electron chi connectivity index (χ2n) is 4.33. The molecule has 100 valence electrons. The first kappa shape index (κ1) is 13.2. The van der Waals surface area contributed by atoms with Crippen LogP contribution in [0.15, 0.2) is 24.3 Å². The summed E-state index contributed by atoms with van der Waals surface area (Å²) in [5.74, 6) is 0.652. The van der Waals surface area contributed by atoms with Gasteiger partial charge in [0, 0.05) is 19.7 Å². The largest absolute Gasteiger partial charge is 0.497 e. The van der Waals surface area contributed by atoms with Crippen LogP contribution in [-0.2, 0) is 10.0 Å². The molecular formula is C12H18N2O3S. The molecular weight excluding hydrogens is 252 g/mol. The van der Waals surface area contributed by atoms with Crippen LogP contribution in [0, 0.1) is 0 Å². The Labute approximate surface area is 108 Å². The highest BCUT2D eigenvalue weighted by atomic mass is 32.2. The molecule has 1 aliphatic rings. The normalized spacial score (nSPS) is 19.8. The molecule has 1 aliphatic heterocycles. The van der Waals surface area contributed by atoms with Gasteiger partial charge in [-0.05, 0) is 25.1 Å². The molecule has 1 heterocycles. The molecule has 1 N–H and O–H groups in total. The molecule has 1 aromatic carbocycles. The minimum Gasteiger partial charge on any atom is -0.497 e. The van der Waals surface area contributed by atoms with Gasteiger partial charge in [0.15, 0.2) is 0 Å². The summed E-state index contributed by atoms with van der Waals surface area (Å²) < 4.78 is 31.2. The van der Waals surface area contributed by atoms with Crippen LogP contribution in [0.2, 0.25) is 0 Å². The average Bonchev–Trinajstić information content (AvgIpc) is 2.92. The Morgan fingerprint density at radius 3 is 2.83 bits per heavy atom. The van der Waals surface area contributed by atoms with Crippen LogP contribution in [0.3, 0.4) is 0 Å². The van der Waals surface area contributed by atoms with E-state index in [0.717, 1.165) is 6.54 Å². The molecule has 6 heteroatoms. The van der Waals surface area contributed by atoms with Gasteiger partial charge in [-0.1, -0.05) is 6.07 Å². The van der Waals surface area contributed by atoms with Crippen molar-refractivity contribution in [1.82, 2.24) is 5.32 Å². The Kier molecular flexibility index (Phi) is 3.77. The maximum atomic E-state index is 12.4. The van der Waals surface area contributed by atoms with Gasteiger partial charge in [-0.3, -0.25) is 4.31 Å². The minimum absolute atomic E-state index is 0.339. The summed E-state index contributed by atoms with van der Waals surface area (Å²) in [7, 11) is -0.152. The molecule has 0 saturated carbocycles. The zero-order chi connectivity index (χ0) is 13.2. The molecule has 1 saturated heterocycles. The van der Waals surface area contributed by atoms with E-state index in [0.29, 0.717) is 24.4 Å². The number of hydrogen-bond donors (Lipinski definition) is 1. The number of ether oxygens (including phenoxy) is 1. The Bertz CT molecular complexity index is 510. The highest BCUT2D eigenvalue weighted by molar-refractivity contribution is 7.93. The summed E-state index contributed by atoms with van der Waals surface area (Å²) in [6.07, 6.45) is 0.663. The third-order valence-electron chi connectivity index (χ3n) is 3.23. The molecule has 18 heavy (non-hydrogen) atoms. The number of sulfonamides is 1. The van der Waals surface area contributed by atoms with Crippen LogP contribution in [0.4, 0.5) is 5.69 Å². The van der Waals surface area contributed by atoms with E-state index in [1.807, 2.05) is 0 Å². The van der Waals surface area contributed by atoms with Crippen LogP contribution in [0.5, 0.6) is 5.75 Å². The molecule has 0 radical (unpaired) electrons. The Morgan fingerprint density at radius 2 is 2.22 bits per heavy atom. The fourth-order valence-corrected chi connectivity index (χ4v) is 3.66. The number of benzene rings is 1. The summed E-state index contributed by atoms with van der Waals surface area (Å²) in [4.78, 5) is 0. The second-order valence-corrected chi connectivity index (χ2v) is 6.57. The van der Waals surface area contributed by atoms with Gasteiger partial charge < -0.3 is 10.1 Å². The number of anilines is 1. The van der Waals surface area contributed by atoms with Crippen LogP contribution in [0.25, 0.3) is 0 Å². The van der Waals surface area contributed by atoms with Gasteiger partial charge in [0.05, 0.1) is 18.0 Å². The van der Waals surface area contributed by atoms with E-state index in [-0.39, 0.29) is 5.25 Å². The van der Waals surface area contributed by atoms with E-state index in [4.69, 9.17) is 4.74 Å². The first-order valence-electron chi connectivity index (χ1n) is 5.88. The lowest BCUT2D eigenvalue weighted by molar-refractivity contribution is 0.415. The van der Waals surface area contributed by atoms with Gasteiger partial charge in [0.25, 0.3) is 0 Å². The van der Waals surface area contributed by atoms with Crippen LogP contribution >= 0.6 is 0 Å². The van der Waals surface area contributed by atoms with Crippen molar-refractivity contribution in [2.45, 2.75) is 11.7 Å². The Morgan fingerprint density at radius 1 is 1.44 bits per heavy atom. The van der Waals surface area contributed by atoms with Gasteiger partial charge in [-0.2, -0.15) is 0 Å². The van der Waals surface area contributed by atoms with Crippen molar-refractivity contribution in [2.24, 2.45) is 0 Å². The molecule has 5 nitrogen and oxygen atoms in total. The van der Waals surface area contributed by atoms with E-state index in [9.17, 15) is 8.42 Å². The van der Waals surface area contributed by atoms with Gasteiger partial charge in [0.2, 0.25) is 10.0 Å². The summed E-state index contributed by atoms with van der Waals surface area (Å²) in [5.41, 5.74) is 0.626. The fourth-order valence-electron chi connectivity index (χ4n) is 2.06. The molecule has 0 spiro atoms. The Balaban J connectivity index is 2.26. The third kappa shape index (κ3) is 2.44. The van der Waals surface area contributed by atoms with E-state index in [2.05, 4.69) is 5.32 Å². The number of nitrogens with one attached hydrogen (secondary N) is 1. The summed E-state index contributed by atoms with van der Waals surface area (Å²) in [5, 5.41) is 2.74. The standard InChI is InChI=1S/C12H18N2O3S/c1-14(10-4-3-5-11(8-10)17-2)18(15,16)12-6-7-13-9-12/h3-5,8,12-13H,6-7,9H2,1-2H3. The average molecular weight is 270 g/mol. The van der Waals surface area contributed by atoms with Crippen molar-refractivity contribution in [3.63, 3.8) is 0 Å². The highest BCUT2D eigenvalue weighted by Crippen LogP contribution is 2.25. The Hall–Kier alpha value is -1.27. The molecule has 0 aromatic heterocycles. The smallest absolute Gasteiger partial charge is 0.239 e. The molecule has 1 aromatic rings. The van der Waals surface area contributed by atoms with Crippen LogP contribution < -0.4 is 14.4 Å². The molecule has 1 atom stereocenters. The molecule has 1 unspecified atom stereocenters. The van der Waals surface area contributed by atoms with Crippen molar-refractivity contribution >= 4 is 15.7 Å². The number of rotatable bonds is 4. The van der Waals surface area contributed by atoms with Crippen molar-refractivity contribution < 1.29 is 13.2 Å². The fraction of sp³-hybridized carbons (Fsp3) is 0.500. The maximum Gasteiger partial charge on any atom is 0.239 e. The first-order valence-corrected chi connectivity index (χ1v) is 7.38. The monoisotopic (exact) mass is 270 g/mol. The van der Waals surface area contributed by atoms with Crippen molar-refractivity contribution in [3.8, 4) is 5.75 Å². The topological polar surface area (TPSA) is 58.6 Å². The van der Waals surface area contributed by atoms with Crippen molar-refractivity contribution in [1.29, 1.82) is 0 Å². The predicted octanol–water partition coefficient (Wildman–Crippen LogP) is 0.823. The van der Waals surface area contributed by atoms with Gasteiger partial charge in [-0.25, -0.2) is 8.42 Å². The molecule has 0 amide bonds. The van der Waals surface area contributed by atoms with Crippen molar-refractivity contribution in [2.75, 3.05) is 31.6 Å². The van der Waals surface area contributed by atoms with E-state index >= 15 is 0 Å². The molecule has 2 rings (SSSR count). The SMILES string of the molecule is COc1cccc(N(C)S(=O)(=O)C2CCNC2)c1. The van der Waals surface area contributed by atoms with E-state index in [1.54, 1.807) is 38.4 Å². The van der Waals surface area contributed by atoms with Gasteiger partial charge in [-0.15, -0.1) is 0 Å². The summed E-state index contributed by atoms with van der Waals surface area (Å²) >= 11 is 0. The summed E-state index contributed by atoms with van der Waals surface area (Å²) in [6, 6.07) is 7.07. The lowest BCUT2D eigenvalue weighted by Crippen LogP contribution is -2.37. The molecule has 1 fully saturated rings. The third-order valence-corrected chi connectivity index (χ3v) is 5.45. The number of methoxy groups -OCH3 is 1.